The topological polar surface area (TPSA) is 40.6 Å². The van der Waals surface area contributed by atoms with Gasteiger partial charge in [0.15, 0.2) is 0 Å². The van der Waals surface area contributed by atoms with Crippen molar-refractivity contribution in [3.63, 3.8) is 0 Å². The van der Waals surface area contributed by atoms with Crippen molar-refractivity contribution in [3.05, 3.63) is 35.4 Å². The molecule has 4 heteroatoms. The van der Waals surface area contributed by atoms with Gasteiger partial charge in [0.25, 0.3) is 5.91 Å². The zero-order valence-electron chi connectivity index (χ0n) is 12.8. The highest BCUT2D eigenvalue weighted by atomic mass is 16.2. The fourth-order valence-corrected chi connectivity index (χ4v) is 2.04. The summed E-state index contributed by atoms with van der Waals surface area (Å²) in [6.45, 7) is 7.46. The Balaban J connectivity index is 0.000000956. The van der Waals surface area contributed by atoms with Gasteiger partial charge in [0.05, 0.1) is 0 Å². The minimum Gasteiger partial charge on any atom is -0.342 e. The first-order valence-electron chi connectivity index (χ1n) is 7.24. The number of likely N-dealkylation sites (N-methyl/N-ethyl adjacent to an activating group) is 1. The van der Waals surface area contributed by atoms with E-state index in [-0.39, 0.29) is 18.4 Å². The number of benzene rings is 1. The van der Waals surface area contributed by atoms with Gasteiger partial charge in [-0.1, -0.05) is 32.9 Å². The number of carbonyl (C=O) groups excluding carboxylic acids is 2. The van der Waals surface area contributed by atoms with Gasteiger partial charge in [-0.25, -0.2) is 0 Å². The predicted molar refractivity (Wildman–Crippen MR) is 80.7 cm³/mol. The van der Waals surface area contributed by atoms with Crippen LogP contribution in [0.15, 0.2) is 24.3 Å². The maximum Gasteiger partial charge on any atom is 0.254 e. The standard InChI is InChI=1S/C14H18N2O2.C2H6/c1-3-11-5-4-6-12(9-11)14(18)16-8-7-15(2)13(17)10-16;1-2/h4-6,9H,3,7-8,10H2,1-2H3;1-2H3. The first-order valence-corrected chi connectivity index (χ1v) is 7.24. The van der Waals surface area contributed by atoms with Crippen LogP contribution < -0.4 is 0 Å². The van der Waals surface area contributed by atoms with E-state index < -0.39 is 0 Å². The molecule has 1 saturated heterocycles. The molecule has 20 heavy (non-hydrogen) atoms. The van der Waals surface area contributed by atoms with E-state index in [0.29, 0.717) is 18.7 Å². The average molecular weight is 276 g/mol. The van der Waals surface area contributed by atoms with E-state index in [1.54, 1.807) is 16.8 Å². The smallest absolute Gasteiger partial charge is 0.254 e. The molecule has 0 atom stereocenters. The first-order chi connectivity index (χ1) is 9.61. The Hall–Kier alpha value is -1.84. The molecule has 1 aromatic rings. The molecule has 2 amide bonds. The maximum absolute atomic E-state index is 12.3. The number of rotatable bonds is 2. The lowest BCUT2D eigenvalue weighted by molar-refractivity contribution is -0.133. The Morgan fingerprint density at radius 2 is 1.95 bits per heavy atom. The van der Waals surface area contributed by atoms with Crippen LogP contribution in [0.2, 0.25) is 0 Å². The maximum atomic E-state index is 12.3. The lowest BCUT2D eigenvalue weighted by atomic mass is 10.1. The second kappa shape index (κ2) is 7.68. The number of aryl methyl sites for hydroxylation is 1. The Labute approximate surface area is 121 Å². The summed E-state index contributed by atoms with van der Waals surface area (Å²) >= 11 is 0. The number of piperazine rings is 1. The highest BCUT2D eigenvalue weighted by Crippen LogP contribution is 2.11. The highest BCUT2D eigenvalue weighted by Gasteiger charge is 2.25. The summed E-state index contributed by atoms with van der Waals surface area (Å²) in [6.07, 6.45) is 0.906. The van der Waals surface area contributed by atoms with Crippen molar-refractivity contribution < 1.29 is 9.59 Å². The number of hydrogen-bond acceptors (Lipinski definition) is 2. The van der Waals surface area contributed by atoms with Crippen LogP contribution in [-0.2, 0) is 11.2 Å². The van der Waals surface area contributed by atoms with Crippen molar-refractivity contribution in [2.45, 2.75) is 27.2 Å². The molecule has 1 aliphatic rings. The summed E-state index contributed by atoms with van der Waals surface area (Å²) in [7, 11) is 1.77. The van der Waals surface area contributed by atoms with Crippen LogP contribution in [0.3, 0.4) is 0 Å². The molecule has 2 rings (SSSR count). The van der Waals surface area contributed by atoms with E-state index in [1.165, 1.54) is 0 Å². The molecule has 0 N–H and O–H groups in total. The van der Waals surface area contributed by atoms with Gasteiger partial charge in [-0.05, 0) is 24.1 Å². The normalized spacial score (nSPS) is 14.7. The van der Waals surface area contributed by atoms with E-state index in [1.807, 2.05) is 38.1 Å². The molecule has 0 radical (unpaired) electrons. The van der Waals surface area contributed by atoms with Gasteiger partial charge in [0.1, 0.15) is 6.54 Å². The number of carbonyl (C=O) groups is 2. The molecule has 0 unspecified atom stereocenters. The van der Waals surface area contributed by atoms with E-state index >= 15 is 0 Å². The minimum absolute atomic E-state index is 0.00115. The van der Waals surface area contributed by atoms with Gasteiger partial charge in [0, 0.05) is 25.7 Å². The number of nitrogens with zero attached hydrogens (tertiary/aromatic N) is 2. The minimum atomic E-state index is -0.0493. The quantitative estimate of drug-likeness (QED) is 0.831. The number of hydrogen-bond donors (Lipinski definition) is 0. The largest absolute Gasteiger partial charge is 0.342 e. The molecule has 1 fully saturated rings. The Morgan fingerprint density at radius 3 is 2.55 bits per heavy atom. The van der Waals surface area contributed by atoms with Gasteiger partial charge >= 0.3 is 0 Å². The molecular weight excluding hydrogens is 252 g/mol. The zero-order chi connectivity index (χ0) is 15.1. The fraction of sp³-hybridized carbons (Fsp3) is 0.500. The van der Waals surface area contributed by atoms with Crippen LogP contribution in [0.4, 0.5) is 0 Å². The van der Waals surface area contributed by atoms with Gasteiger partial charge in [-0.3, -0.25) is 9.59 Å². The fourth-order valence-electron chi connectivity index (χ4n) is 2.04. The summed E-state index contributed by atoms with van der Waals surface area (Å²) in [5.41, 5.74) is 1.81. The van der Waals surface area contributed by atoms with Crippen LogP contribution in [0.1, 0.15) is 36.7 Å². The second-order valence-electron chi connectivity index (χ2n) is 4.60. The highest BCUT2D eigenvalue weighted by molar-refractivity contribution is 5.97. The molecule has 1 aromatic carbocycles. The molecule has 1 aliphatic heterocycles. The lowest BCUT2D eigenvalue weighted by Gasteiger charge is -2.32. The Morgan fingerprint density at radius 1 is 1.25 bits per heavy atom. The molecule has 1 heterocycles. The molecule has 4 nitrogen and oxygen atoms in total. The first kappa shape index (κ1) is 16.2. The second-order valence-corrected chi connectivity index (χ2v) is 4.60. The monoisotopic (exact) mass is 276 g/mol. The number of amides is 2. The van der Waals surface area contributed by atoms with E-state index in [0.717, 1.165) is 12.0 Å². The van der Waals surface area contributed by atoms with Gasteiger partial charge in [-0.2, -0.15) is 0 Å². The predicted octanol–water partition coefficient (Wildman–Crippen LogP) is 2.19. The van der Waals surface area contributed by atoms with Crippen molar-refractivity contribution >= 4 is 11.8 Å². The molecule has 0 bridgehead atoms. The van der Waals surface area contributed by atoms with Crippen LogP contribution in [0, 0.1) is 0 Å². The van der Waals surface area contributed by atoms with Crippen molar-refractivity contribution in [3.8, 4) is 0 Å². The third kappa shape index (κ3) is 3.83. The summed E-state index contributed by atoms with van der Waals surface area (Å²) in [4.78, 5) is 27.2. The zero-order valence-corrected chi connectivity index (χ0v) is 12.8. The van der Waals surface area contributed by atoms with Crippen molar-refractivity contribution in [2.24, 2.45) is 0 Å². The van der Waals surface area contributed by atoms with Crippen molar-refractivity contribution in [1.29, 1.82) is 0 Å². The van der Waals surface area contributed by atoms with Gasteiger partial charge < -0.3 is 9.80 Å². The van der Waals surface area contributed by atoms with E-state index in [9.17, 15) is 9.59 Å². The van der Waals surface area contributed by atoms with Crippen molar-refractivity contribution in [2.75, 3.05) is 26.7 Å². The third-order valence-electron chi connectivity index (χ3n) is 3.33. The summed E-state index contributed by atoms with van der Waals surface area (Å²) in [6, 6.07) is 7.62. The summed E-state index contributed by atoms with van der Waals surface area (Å²) in [5.74, 6) is -0.0482. The average Bonchev–Trinajstić information content (AvgIpc) is 2.51. The van der Waals surface area contributed by atoms with E-state index in [4.69, 9.17) is 0 Å². The van der Waals surface area contributed by atoms with Gasteiger partial charge in [0.2, 0.25) is 5.91 Å². The molecular formula is C16H24N2O2. The Bertz CT molecular complexity index is 471. The van der Waals surface area contributed by atoms with Crippen LogP contribution in [0.5, 0.6) is 0 Å². The molecule has 0 aromatic heterocycles. The lowest BCUT2D eigenvalue weighted by Crippen LogP contribution is -2.50. The van der Waals surface area contributed by atoms with Crippen molar-refractivity contribution in [1.82, 2.24) is 9.80 Å². The third-order valence-corrected chi connectivity index (χ3v) is 3.33. The molecule has 110 valence electrons. The summed E-state index contributed by atoms with van der Waals surface area (Å²) in [5, 5.41) is 0. The SMILES string of the molecule is CC.CCc1cccc(C(=O)N2CCN(C)C(=O)C2)c1. The van der Waals surface area contributed by atoms with Crippen LogP contribution in [-0.4, -0.2) is 48.3 Å². The molecule has 0 aliphatic carbocycles. The van der Waals surface area contributed by atoms with Crippen LogP contribution in [0.25, 0.3) is 0 Å². The van der Waals surface area contributed by atoms with Gasteiger partial charge in [-0.15, -0.1) is 0 Å². The van der Waals surface area contributed by atoms with Crippen LogP contribution >= 0.6 is 0 Å². The Kier molecular flexibility index (Phi) is 6.22. The van der Waals surface area contributed by atoms with E-state index in [2.05, 4.69) is 6.92 Å². The molecule has 0 spiro atoms. The summed E-state index contributed by atoms with van der Waals surface area (Å²) < 4.78 is 0. The molecule has 0 saturated carbocycles.